The van der Waals surface area contributed by atoms with E-state index in [1.54, 1.807) is 0 Å². The smallest absolute Gasteiger partial charge is 0.303 e. The number of carbonyl (C=O) groups excluding carboxylic acids is 4. The lowest BCUT2D eigenvalue weighted by molar-refractivity contribution is -0.172. The van der Waals surface area contributed by atoms with Crippen molar-refractivity contribution in [2.45, 2.75) is 52.7 Å². The Morgan fingerprint density at radius 2 is 1.45 bits per heavy atom. The highest BCUT2D eigenvalue weighted by atomic mass is 16.6. The maximum absolute atomic E-state index is 11.9. The zero-order chi connectivity index (χ0) is 15.7. The number of rotatable bonds is 8. The van der Waals surface area contributed by atoms with E-state index >= 15 is 0 Å². The third kappa shape index (κ3) is 7.50. The van der Waals surface area contributed by atoms with E-state index in [4.69, 9.17) is 9.47 Å². The van der Waals surface area contributed by atoms with E-state index in [2.05, 4.69) is 4.74 Å². The van der Waals surface area contributed by atoms with E-state index in [9.17, 15) is 19.2 Å². The predicted octanol–water partition coefficient (Wildman–Crippen LogP) is 0.782. The SMILES string of the molecule is CCC[C@@H](OC(C)=O)[C@H](OC(C)=O)C(=O)COC(C)=O. The summed E-state index contributed by atoms with van der Waals surface area (Å²) in [6.07, 6.45) is -1.18. The summed E-state index contributed by atoms with van der Waals surface area (Å²) in [5.74, 6) is -2.52. The minimum atomic E-state index is -1.27. The van der Waals surface area contributed by atoms with Crippen molar-refractivity contribution in [3.8, 4) is 0 Å². The molecule has 0 saturated carbocycles. The molecule has 0 aliphatic rings. The number of ketones is 1. The second-order valence-electron chi connectivity index (χ2n) is 4.21. The van der Waals surface area contributed by atoms with E-state index in [0.29, 0.717) is 12.8 Å². The van der Waals surface area contributed by atoms with E-state index in [-0.39, 0.29) is 0 Å². The van der Waals surface area contributed by atoms with Crippen LogP contribution < -0.4 is 0 Å². The molecular weight excluding hydrogens is 268 g/mol. The molecule has 0 aromatic heterocycles. The molecule has 0 amide bonds. The molecule has 0 bridgehead atoms. The fraction of sp³-hybridized carbons (Fsp3) is 0.692. The first-order valence-electron chi connectivity index (χ1n) is 6.28. The normalized spacial score (nSPS) is 13.0. The molecule has 0 aromatic rings. The van der Waals surface area contributed by atoms with Crippen molar-refractivity contribution in [1.29, 1.82) is 0 Å². The summed E-state index contributed by atoms with van der Waals surface area (Å²) < 4.78 is 14.5. The van der Waals surface area contributed by atoms with Gasteiger partial charge in [-0.25, -0.2) is 0 Å². The van der Waals surface area contributed by atoms with Crippen molar-refractivity contribution >= 4 is 23.7 Å². The molecule has 0 fully saturated rings. The minimum absolute atomic E-state index is 0.351. The van der Waals surface area contributed by atoms with E-state index in [1.807, 2.05) is 6.92 Å². The van der Waals surface area contributed by atoms with Crippen LogP contribution in [0.4, 0.5) is 0 Å². The maximum Gasteiger partial charge on any atom is 0.303 e. The molecule has 7 heteroatoms. The van der Waals surface area contributed by atoms with Gasteiger partial charge in [0.2, 0.25) is 5.78 Å². The Hall–Kier alpha value is -1.92. The quantitative estimate of drug-likeness (QED) is 0.481. The summed E-state index contributed by atoms with van der Waals surface area (Å²) >= 11 is 0. The number of esters is 3. The van der Waals surface area contributed by atoms with Crippen LogP contribution in [0.15, 0.2) is 0 Å². The van der Waals surface area contributed by atoms with Crippen LogP contribution in [0.25, 0.3) is 0 Å². The summed E-state index contributed by atoms with van der Waals surface area (Å²) in [5, 5.41) is 0. The summed E-state index contributed by atoms with van der Waals surface area (Å²) in [5.41, 5.74) is 0. The molecule has 0 heterocycles. The fourth-order valence-corrected chi connectivity index (χ4v) is 1.55. The number of hydrogen-bond acceptors (Lipinski definition) is 7. The molecule has 0 unspecified atom stereocenters. The largest absolute Gasteiger partial charge is 0.458 e. The standard InChI is InChI=1S/C13H20O7/c1-5-6-12(19-9(3)15)13(20-10(4)16)11(17)7-18-8(2)14/h12-13H,5-7H2,1-4H3/t12-,13-/m1/s1. The van der Waals surface area contributed by atoms with Gasteiger partial charge in [0.1, 0.15) is 6.10 Å². The number of carbonyl (C=O) groups is 4. The molecule has 0 aromatic carbocycles. The first-order chi connectivity index (χ1) is 9.27. The molecule has 0 saturated heterocycles. The summed E-state index contributed by atoms with van der Waals surface area (Å²) in [7, 11) is 0. The average molecular weight is 288 g/mol. The van der Waals surface area contributed by atoms with Crippen LogP contribution in [0.2, 0.25) is 0 Å². The molecule has 114 valence electrons. The van der Waals surface area contributed by atoms with Crippen LogP contribution in [0.3, 0.4) is 0 Å². The molecule has 0 N–H and O–H groups in total. The molecule has 0 rings (SSSR count). The zero-order valence-corrected chi connectivity index (χ0v) is 12.1. The van der Waals surface area contributed by atoms with Gasteiger partial charge in [-0.05, 0) is 6.42 Å². The van der Waals surface area contributed by atoms with E-state index in [0.717, 1.165) is 13.8 Å². The topological polar surface area (TPSA) is 96.0 Å². The molecule has 0 radical (unpaired) electrons. The van der Waals surface area contributed by atoms with Gasteiger partial charge in [-0.3, -0.25) is 19.2 Å². The Labute approximate surface area is 117 Å². The summed E-state index contributed by atoms with van der Waals surface area (Å²) in [6.45, 7) is 4.79. The highest BCUT2D eigenvalue weighted by molar-refractivity contribution is 5.88. The van der Waals surface area contributed by atoms with Crippen LogP contribution in [-0.4, -0.2) is 42.5 Å². The second-order valence-corrected chi connectivity index (χ2v) is 4.21. The van der Waals surface area contributed by atoms with Crippen molar-refractivity contribution < 1.29 is 33.4 Å². The van der Waals surface area contributed by atoms with Crippen molar-refractivity contribution in [2.75, 3.05) is 6.61 Å². The van der Waals surface area contributed by atoms with Gasteiger partial charge in [0.25, 0.3) is 0 Å². The molecule has 0 aliphatic heterocycles. The Morgan fingerprint density at radius 1 is 0.900 bits per heavy atom. The lowest BCUT2D eigenvalue weighted by Gasteiger charge is -2.24. The van der Waals surface area contributed by atoms with Gasteiger partial charge in [0, 0.05) is 20.8 Å². The first-order valence-corrected chi connectivity index (χ1v) is 6.28. The van der Waals surface area contributed by atoms with E-state index < -0.39 is 42.5 Å². The van der Waals surface area contributed by atoms with Crippen LogP contribution >= 0.6 is 0 Å². The average Bonchev–Trinajstić information content (AvgIpc) is 2.31. The maximum atomic E-state index is 11.9. The van der Waals surface area contributed by atoms with Crippen LogP contribution in [0.1, 0.15) is 40.5 Å². The number of ether oxygens (including phenoxy) is 3. The Kier molecular flexibility index (Phi) is 8.19. The van der Waals surface area contributed by atoms with Crippen LogP contribution in [-0.2, 0) is 33.4 Å². The van der Waals surface area contributed by atoms with Gasteiger partial charge in [-0.1, -0.05) is 13.3 Å². The molecule has 0 aliphatic carbocycles. The number of Topliss-reactive ketones (excluding diaryl/α,β-unsaturated/α-hetero) is 1. The van der Waals surface area contributed by atoms with Gasteiger partial charge < -0.3 is 14.2 Å². The second kappa shape index (κ2) is 9.06. The van der Waals surface area contributed by atoms with Crippen molar-refractivity contribution in [3.05, 3.63) is 0 Å². The molecule has 20 heavy (non-hydrogen) atoms. The molecular formula is C13H20O7. The molecule has 0 spiro atoms. The Bertz CT molecular complexity index is 375. The third-order valence-electron chi connectivity index (χ3n) is 2.26. The number of hydrogen-bond donors (Lipinski definition) is 0. The molecule has 2 atom stereocenters. The Morgan fingerprint density at radius 3 is 1.85 bits per heavy atom. The van der Waals surface area contributed by atoms with Crippen molar-refractivity contribution in [3.63, 3.8) is 0 Å². The Balaban J connectivity index is 4.95. The summed E-state index contributed by atoms with van der Waals surface area (Å²) in [6, 6.07) is 0. The fourth-order valence-electron chi connectivity index (χ4n) is 1.55. The van der Waals surface area contributed by atoms with Gasteiger partial charge >= 0.3 is 17.9 Å². The van der Waals surface area contributed by atoms with Crippen LogP contribution in [0, 0.1) is 0 Å². The highest BCUT2D eigenvalue weighted by Gasteiger charge is 2.33. The highest BCUT2D eigenvalue weighted by Crippen LogP contribution is 2.13. The third-order valence-corrected chi connectivity index (χ3v) is 2.26. The van der Waals surface area contributed by atoms with Crippen molar-refractivity contribution in [1.82, 2.24) is 0 Å². The minimum Gasteiger partial charge on any atom is -0.458 e. The first kappa shape index (κ1) is 18.1. The summed E-state index contributed by atoms with van der Waals surface area (Å²) in [4.78, 5) is 44.8. The van der Waals surface area contributed by atoms with Gasteiger partial charge in [0.05, 0.1) is 0 Å². The van der Waals surface area contributed by atoms with Gasteiger partial charge in [0.15, 0.2) is 12.7 Å². The monoisotopic (exact) mass is 288 g/mol. The predicted molar refractivity (Wildman–Crippen MR) is 67.7 cm³/mol. The van der Waals surface area contributed by atoms with Gasteiger partial charge in [-0.15, -0.1) is 0 Å². The van der Waals surface area contributed by atoms with E-state index in [1.165, 1.54) is 6.92 Å². The lowest BCUT2D eigenvalue weighted by atomic mass is 10.0. The lowest BCUT2D eigenvalue weighted by Crippen LogP contribution is -2.42. The van der Waals surface area contributed by atoms with Crippen molar-refractivity contribution in [2.24, 2.45) is 0 Å². The van der Waals surface area contributed by atoms with Gasteiger partial charge in [-0.2, -0.15) is 0 Å². The molecule has 7 nitrogen and oxygen atoms in total. The zero-order valence-electron chi connectivity index (χ0n) is 12.1. The van der Waals surface area contributed by atoms with Crippen LogP contribution in [0.5, 0.6) is 0 Å².